The lowest BCUT2D eigenvalue weighted by atomic mass is 10.00. The molecule has 1 atom stereocenters. The van der Waals surface area contributed by atoms with Gasteiger partial charge in [0.15, 0.2) is 0 Å². The summed E-state index contributed by atoms with van der Waals surface area (Å²) in [4.78, 5) is 0. The Morgan fingerprint density at radius 1 is 1.17 bits per heavy atom. The number of hydrogen-bond acceptors (Lipinski definition) is 1. The van der Waals surface area contributed by atoms with E-state index >= 15 is 0 Å². The number of benzene rings is 1. The molecule has 0 heterocycles. The third kappa shape index (κ3) is 3.43. The summed E-state index contributed by atoms with van der Waals surface area (Å²) in [6.07, 6.45) is -8.31. The lowest BCUT2D eigenvalue weighted by Crippen LogP contribution is -2.25. The van der Waals surface area contributed by atoms with E-state index in [0.29, 0.717) is 12.1 Å². The van der Waals surface area contributed by atoms with E-state index in [4.69, 9.17) is 17.3 Å². The van der Waals surface area contributed by atoms with Crippen molar-refractivity contribution in [3.8, 4) is 0 Å². The molecule has 0 aliphatic rings. The fourth-order valence-electron chi connectivity index (χ4n) is 1.27. The van der Waals surface area contributed by atoms with Gasteiger partial charge < -0.3 is 5.73 Å². The molecule has 1 aromatic rings. The largest absolute Gasteiger partial charge is 0.416 e. The Kier molecular flexibility index (Phi) is 5.77. The van der Waals surface area contributed by atoms with E-state index in [9.17, 15) is 26.3 Å². The van der Waals surface area contributed by atoms with Crippen molar-refractivity contribution in [3.63, 3.8) is 0 Å². The number of nitrogens with two attached hydrogens (primary N) is 1. The molecule has 0 aromatic heterocycles. The van der Waals surface area contributed by atoms with Crippen LogP contribution in [0.4, 0.5) is 26.3 Å². The number of alkyl halides is 5. The molecule has 1 aromatic carbocycles. The van der Waals surface area contributed by atoms with Crippen molar-refractivity contribution in [2.45, 2.75) is 18.6 Å². The minimum Gasteiger partial charge on any atom is -0.319 e. The van der Waals surface area contributed by atoms with E-state index in [2.05, 4.69) is 0 Å². The lowest BCUT2D eigenvalue weighted by molar-refractivity contribution is -0.138. The fourth-order valence-corrected chi connectivity index (χ4v) is 1.43. The predicted octanol–water partition coefficient (Wildman–Crippen LogP) is 4.18. The molecule has 18 heavy (non-hydrogen) atoms. The summed E-state index contributed by atoms with van der Waals surface area (Å²) in [6.45, 7) is 0. The average Bonchev–Trinajstić information content (AvgIpc) is 2.19. The monoisotopic (exact) mass is 313 g/mol. The van der Waals surface area contributed by atoms with Gasteiger partial charge in [0.1, 0.15) is 5.82 Å². The van der Waals surface area contributed by atoms with E-state index in [1.165, 1.54) is 0 Å². The molecule has 0 radical (unpaired) electrons. The molecule has 9 heteroatoms. The van der Waals surface area contributed by atoms with Gasteiger partial charge in [-0.15, -0.1) is 12.4 Å². The molecule has 0 bridgehead atoms. The summed E-state index contributed by atoms with van der Waals surface area (Å²) < 4.78 is 75.4. The van der Waals surface area contributed by atoms with Gasteiger partial charge in [-0.25, -0.2) is 13.2 Å². The Bertz CT molecular complexity index is 420. The zero-order valence-corrected chi connectivity index (χ0v) is 10.0. The highest BCUT2D eigenvalue weighted by Crippen LogP contribution is 2.38. The van der Waals surface area contributed by atoms with Crippen LogP contribution >= 0.6 is 24.0 Å². The van der Waals surface area contributed by atoms with Crippen LogP contribution in [0.5, 0.6) is 0 Å². The van der Waals surface area contributed by atoms with Crippen LogP contribution in [0, 0.1) is 5.82 Å². The minimum absolute atomic E-state index is 0. The number of hydrogen-bond donors (Lipinski definition) is 1. The maximum atomic E-state index is 13.4. The van der Waals surface area contributed by atoms with Gasteiger partial charge >= 0.3 is 6.18 Å². The van der Waals surface area contributed by atoms with Crippen LogP contribution in [0.2, 0.25) is 5.02 Å². The van der Waals surface area contributed by atoms with Crippen molar-refractivity contribution >= 4 is 24.0 Å². The van der Waals surface area contributed by atoms with E-state index in [0.717, 1.165) is 0 Å². The van der Waals surface area contributed by atoms with Crippen molar-refractivity contribution in [2.24, 2.45) is 5.73 Å². The first-order valence-electron chi connectivity index (χ1n) is 4.25. The standard InChI is InChI=1S/C9H6ClF6N.ClH/c10-4-2-1-3(9(14,15)16)5(6(4)11)7(17)8(12)13;/h1-2,7-8H,17H2;1H/t7-;/m0./s1. The van der Waals surface area contributed by atoms with Crippen LogP contribution in [-0.2, 0) is 6.18 Å². The molecule has 0 fully saturated rings. The highest BCUT2D eigenvalue weighted by molar-refractivity contribution is 6.30. The second-order valence-corrected chi connectivity index (χ2v) is 3.59. The van der Waals surface area contributed by atoms with Crippen molar-refractivity contribution in [1.82, 2.24) is 0 Å². The average molecular weight is 314 g/mol. The molecule has 104 valence electrons. The Labute approximate surface area is 109 Å². The molecule has 0 aliphatic heterocycles. The van der Waals surface area contributed by atoms with Gasteiger partial charge in [0.05, 0.1) is 16.6 Å². The summed E-state index contributed by atoms with van der Waals surface area (Å²) in [6, 6.07) is -1.32. The first kappa shape index (κ1) is 17.3. The molecule has 0 saturated heterocycles. The van der Waals surface area contributed by atoms with E-state index in [1.54, 1.807) is 0 Å². The summed E-state index contributed by atoms with van der Waals surface area (Å²) >= 11 is 5.24. The zero-order chi connectivity index (χ0) is 13.4. The van der Waals surface area contributed by atoms with Gasteiger partial charge in [0.25, 0.3) is 6.43 Å². The van der Waals surface area contributed by atoms with Gasteiger partial charge in [-0.3, -0.25) is 0 Å². The van der Waals surface area contributed by atoms with Crippen molar-refractivity contribution in [2.75, 3.05) is 0 Å². The molecular formula is C9H7Cl2F6N. The van der Waals surface area contributed by atoms with Crippen molar-refractivity contribution in [1.29, 1.82) is 0 Å². The maximum absolute atomic E-state index is 13.4. The summed E-state index contributed by atoms with van der Waals surface area (Å²) in [5, 5.41) is -0.691. The van der Waals surface area contributed by atoms with Crippen LogP contribution < -0.4 is 5.73 Å². The molecule has 1 nitrogen and oxygen atoms in total. The summed E-state index contributed by atoms with van der Waals surface area (Å²) in [7, 11) is 0. The van der Waals surface area contributed by atoms with Crippen molar-refractivity contribution in [3.05, 3.63) is 34.1 Å². The summed E-state index contributed by atoms with van der Waals surface area (Å²) in [5.74, 6) is -1.57. The van der Waals surface area contributed by atoms with Crippen LogP contribution in [0.1, 0.15) is 17.2 Å². The molecule has 1 rings (SSSR count). The third-order valence-electron chi connectivity index (χ3n) is 2.04. The van der Waals surface area contributed by atoms with E-state index in [-0.39, 0.29) is 12.4 Å². The zero-order valence-electron chi connectivity index (χ0n) is 8.44. The van der Waals surface area contributed by atoms with Crippen LogP contribution in [-0.4, -0.2) is 6.43 Å². The molecule has 0 amide bonds. The minimum atomic E-state index is -4.98. The number of halogens is 8. The second kappa shape index (κ2) is 5.99. The SMILES string of the molecule is Cl.N[C@@H](c1c(C(F)(F)F)ccc(Cl)c1F)C(F)F. The molecule has 0 saturated carbocycles. The predicted molar refractivity (Wildman–Crippen MR) is 56.6 cm³/mol. The van der Waals surface area contributed by atoms with Gasteiger partial charge in [-0.05, 0) is 12.1 Å². The molecule has 0 aliphatic carbocycles. The van der Waals surface area contributed by atoms with Crippen LogP contribution in [0.3, 0.4) is 0 Å². The van der Waals surface area contributed by atoms with E-state index < -0.39 is 40.6 Å². The van der Waals surface area contributed by atoms with Gasteiger partial charge in [0, 0.05) is 5.56 Å². The first-order valence-corrected chi connectivity index (χ1v) is 4.63. The third-order valence-corrected chi connectivity index (χ3v) is 2.33. The molecular weight excluding hydrogens is 307 g/mol. The highest BCUT2D eigenvalue weighted by Gasteiger charge is 2.38. The summed E-state index contributed by atoms with van der Waals surface area (Å²) in [5.41, 5.74) is 1.99. The molecule has 0 spiro atoms. The molecule has 2 N–H and O–H groups in total. The van der Waals surface area contributed by atoms with Gasteiger partial charge in [-0.2, -0.15) is 13.2 Å². The normalized spacial score (nSPS) is 13.4. The Morgan fingerprint density at radius 2 is 1.67 bits per heavy atom. The van der Waals surface area contributed by atoms with E-state index in [1.807, 2.05) is 0 Å². The van der Waals surface area contributed by atoms with Crippen LogP contribution in [0.25, 0.3) is 0 Å². The quantitative estimate of drug-likeness (QED) is 0.814. The topological polar surface area (TPSA) is 26.0 Å². The number of rotatable bonds is 2. The second-order valence-electron chi connectivity index (χ2n) is 3.18. The Hall–Kier alpha value is -0.660. The molecule has 0 unspecified atom stereocenters. The Morgan fingerprint density at radius 3 is 2.06 bits per heavy atom. The fraction of sp³-hybridized carbons (Fsp3) is 0.333. The Balaban J connectivity index is 0.00000289. The smallest absolute Gasteiger partial charge is 0.319 e. The van der Waals surface area contributed by atoms with Gasteiger partial charge in [-0.1, -0.05) is 11.6 Å². The lowest BCUT2D eigenvalue weighted by Gasteiger charge is -2.19. The maximum Gasteiger partial charge on any atom is 0.416 e. The highest BCUT2D eigenvalue weighted by atomic mass is 35.5. The van der Waals surface area contributed by atoms with Gasteiger partial charge in [0.2, 0.25) is 0 Å². The first-order chi connectivity index (χ1) is 7.66. The van der Waals surface area contributed by atoms with Crippen LogP contribution in [0.15, 0.2) is 12.1 Å². The van der Waals surface area contributed by atoms with Crippen molar-refractivity contribution < 1.29 is 26.3 Å².